The third-order valence-electron chi connectivity index (χ3n) is 6.92. The third kappa shape index (κ3) is 4.49. The summed E-state index contributed by atoms with van der Waals surface area (Å²) in [6, 6.07) is 13.6. The highest BCUT2D eigenvalue weighted by Crippen LogP contribution is 2.27. The molecule has 1 atom stereocenters. The average Bonchev–Trinajstić information content (AvgIpc) is 3.19. The first-order valence-electron chi connectivity index (χ1n) is 12.5. The number of aromatic nitrogens is 5. The molecule has 0 aliphatic carbocycles. The summed E-state index contributed by atoms with van der Waals surface area (Å²) in [5.74, 6) is 0.889. The monoisotopic (exact) mass is 499 g/mol. The summed E-state index contributed by atoms with van der Waals surface area (Å²) in [5.41, 5.74) is 1.70. The van der Waals surface area contributed by atoms with Crippen molar-refractivity contribution in [2.45, 2.75) is 31.9 Å². The Labute approximate surface area is 213 Å². The second-order valence-corrected chi connectivity index (χ2v) is 9.57. The van der Waals surface area contributed by atoms with Crippen LogP contribution in [-0.2, 0) is 16.9 Å². The molecule has 4 aromatic rings. The lowest BCUT2D eigenvalue weighted by Gasteiger charge is -2.28. The number of fused-ring (bicyclic) bond motifs is 6. The van der Waals surface area contributed by atoms with E-state index in [9.17, 15) is 9.90 Å². The van der Waals surface area contributed by atoms with Crippen LogP contribution in [0.2, 0.25) is 0 Å². The second kappa shape index (κ2) is 9.45. The van der Waals surface area contributed by atoms with Crippen molar-refractivity contribution in [1.82, 2.24) is 24.3 Å². The van der Waals surface area contributed by atoms with Gasteiger partial charge in [-0.15, -0.1) is 0 Å². The number of pyridine rings is 1. The van der Waals surface area contributed by atoms with Gasteiger partial charge in [0.1, 0.15) is 11.0 Å². The Kier molecular flexibility index (Phi) is 5.97. The van der Waals surface area contributed by atoms with E-state index < -0.39 is 5.60 Å². The second-order valence-electron chi connectivity index (χ2n) is 9.57. The fraction of sp³-hybridized carbons (Fsp3) is 0.333. The van der Waals surface area contributed by atoms with Gasteiger partial charge in [-0.25, -0.2) is 19.3 Å². The lowest BCUT2D eigenvalue weighted by atomic mass is 9.95. The number of ether oxygens (including phenoxy) is 1. The Balaban J connectivity index is 1.39. The van der Waals surface area contributed by atoms with Crippen LogP contribution in [-0.4, -0.2) is 55.7 Å². The first-order valence-corrected chi connectivity index (χ1v) is 12.5. The van der Waals surface area contributed by atoms with Crippen molar-refractivity contribution in [3.05, 3.63) is 76.9 Å². The first-order chi connectivity index (χ1) is 18.0. The molecule has 0 amide bonds. The summed E-state index contributed by atoms with van der Waals surface area (Å²) >= 11 is 0. The van der Waals surface area contributed by atoms with Gasteiger partial charge in [0.05, 0.1) is 25.5 Å². The number of aliphatic hydroxyl groups is 1. The molecule has 2 aliphatic rings. The highest BCUT2D eigenvalue weighted by Gasteiger charge is 2.26. The Morgan fingerprint density at radius 2 is 1.86 bits per heavy atom. The molecule has 1 aromatic carbocycles. The Morgan fingerprint density at radius 1 is 1.05 bits per heavy atom. The van der Waals surface area contributed by atoms with Gasteiger partial charge in [0.2, 0.25) is 5.95 Å². The van der Waals surface area contributed by atoms with Crippen LogP contribution < -0.4 is 15.8 Å². The van der Waals surface area contributed by atoms with Crippen molar-refractivity contribution in [2.24, 2.45) is 0 Å². The van der Waals surface area contributed by atoms with Crippen LogP contribution in [0.25, 0.3) is 16.9 Å². The van der Waals surface area contributed by atoms with Crippen LogP contribution in [0.4, 0.5) is 17.3 Å². The summed E-state index contributed by atoms with van der Waals surface area (Å²) in [6.07, 6.45) is 6.67. The Hall–Kier alpha value is -4.02. The van der Waals surface area contributed by atoms with E-state index in [-0.39, 0.29) is 5.56 Å². The first kappa shape index (κ1) is 23.4. The smallest absolute Gasteiger partial charge is 0.278 e. The number of anilines is 3. The van der Waals surface area contributed by atoms with Gasteiger partial charge in [0, 0.05) is 30.7 Å². The van der Waals surface area contributed by atoms with Crippen molar-refractivity contribution in [3.8, 4) is 5.82 Å². The van der Waals surface area contributed by atoms with Gasteiger partial charge >= 0.3 is 0 Å². The summed E-state index contributed by atoms with van der Waals surface area (Å²) in [6.45, 7) is 5.34. The van der Waals surface area contributed by atoms with E-state index in [1.807, 2.05) is 42.5 Å². The molecule has 1 saturated heterocycles. The lowest BCUT2D eigenvalue weighted by Crippen LogP contribution is -2.36. The van der Waals surface area contributed by atoms with E-state index >= 15 is 0 Å². The molecule has 0 saturated carbocycles. The number of nitrogens with one attached hydrogen (secondary N) is 1. The highest BCUT2D eigenvalue weighted by atomic mass is 16.5. The maximum Gasteiger partial charge on any atom is 0.278 e. The largest absolute Gasteiger partial charge is 0.384 e. The van der Waals surface area contributed by atoms with Gasteiger partial charge in [0.15, 0.2) is 11.5 Å². The topological polar surface area (TPSA) is 110 Å². The van der Waals surface area contributed by atoms with Crippen LogP contribution in [0.3, 0.4) is 0 Å². The van der Waals surface area contributed by atoms with Gasteiger partial charge in [-0.05, 0) is 56.2 Å². The van der Waals surface area contributed by atoms with Crippen molar-refractivity contribution < 1.29 is 9.84 Å². The Bertz CT molecular complexity index is 1520. The number of morpholine rings is 1. The number of allylic oxidation sites excluding steroid dienone is 2. The van der Waals surface area contributed by atoms with Gasteiger partial charge in [-0.2, -0.15) is 4.98 Å². The summed E-state index contributed by atoms with van der Waals surface area (Å²) < 4.78 is 8.75. The van der Waals surface area contributed by atoms with E-state index in [1.54, 1.807) is 22.5 Å². The fourth-order valence-electron chi connectivity index (χ4n) is 4.82. The van der Waals surface area contributed by atoms with E-state index in [0.717, 1.165) is 37.7 Å². The average molecular weight is 500 g/mol. The minimum Gasteiger partial charge on any atom is -0.384 e. The minimum atomic E-state index is -1.09. The zero-order chi connectivity index (χ0) is 25.4. The molecule has 3 aromatic heterocycles. The molecule has 0 radical (unpaired) electrons. The molecule has 0 spiro atoms. The van der Waals surface area contributed by atoms with E-state index in [4.69, 9.17) is 14.7 Å². The maximum atomic E-state index is 13.3. The molecule has 37 heavy (non-hydrogen) atoms. The fourth-order valence-corrected chi connectivity index (χ4v) is 4.82. The molecule has 6 rings (SSSR count). The molecule has 2 aliphatic heterocycles. The van der Waals surface area contributed by atoms with E-state index in [0.29, 0.717) is 47.9 Å². The van der Waals surface area contributed by atoms with Gasteiger partial charge < -0.3 is 20.1 Å². The van der Waals surface area contributed by atoms with Crippen LogP contribution in [0, 0.1) is 0 Å². The number of nitrogens with zero attached hydrogens (tertiary/aromatic N) is 6. The molecule has 190 valence electrons. The molecule has 2 N–H and O–H groups in total. The molecule has 10 heteroatoms. The zero-order valence-electron chi connectivity index (χ0n) is 20.7. The van der Waals surface area contributed by atoms with Crippen molar-refractivity contribution in [3.63, 3.8) is 0 Å². The standard InChI is InChI=1S/C27H29N7O3/c1-27(36)12-3-2-4-13-33-25(35)21-18-28-26(31-24(21)34(33)23-7-5-6-22(27)30-23)29-19-8-10-20(11-9-19)32-14-16-37-17-15-32/h2,4-11,18,36H,3,12-17H2,1H3,(H,28,29,31)/b4-2-/t27-/m1/s1. The molecule has 0 unspecified atom stereocenters. The zero-order valence-corrected chi connectivity index (χ0v) is 20.7. The maximum absolute atomic E-state index is 13.3. The SMILES string of the molecule is C[C@@]1(O)CC/C=C\Cn2c(=O)c3cnc(Nc4ccc(N5CCOCC5)cc4)nc3n2-c2cccc1n2. The number of hydrogen-bond donors (Lipinski definition) is 2. The summed E-state index contributed by atoms with van der Waals surface area (Å²) in [7, 11) is 0. The molecule has 5 heterocycles. The van der Waals surface area contributed by atoms with Crippen molar-refractivity contribution >= 4 is 28.4 Å². The normalized spacial score (nSPS) is 20.8. The third-order valence-corrected chi connectivity index (χ3v) is 6.92. The highest BCUT2D eigenvalue weighted by molar-refractivity contribution is 5.77. The van der Waals surface area contributed by atoms with Crippen molar-refractivity contribution in [2.75, 3.05) is 36.5 Å². The van der Waals surface area contributed by atoms with Crippen LogP contribution in [0.1, 0.15) is 25.5 Å². The molecular formula is C27H29N7O3. The molecular weight excluding hydrogens is 470 g/mol. The quantitative estimate of drug-likeness (QED) is 0.414. The van der Waals surface area contributed by atoms with Gasteiger partial charge in [-0.3, -0.25) is 4.79 Å². The summed E-state index contributed by atoms with van der Waals surface area (Å²) in [5, 5.41) is 14.7. The van der Waals surface area contributed by atoms with Crippen LogP contribution in [0.5, 0.6) is 0 Å². The Morgan fingerprint density at radius 3 is 2.68 bits per heavy atom. The predicted molar refractivity (Wildman–Crippen MR) is 142 cm³/mol. The minimum absolute atomic E-state index is 0.195. The number of benzene rings is 1. The van der Waals surface area contributed by atoms with Crippen molar-refractivity contribution in [1.29, 1.82) is 0 Å². The summed E-state index contributed by atoms with van der Waals surface area (Å²) in [4.78, 5) is 29.5. The molecule has 1 fully saturated rings. The van der Waals surface area contributed by atoms with Crippen LogP contribution in [0.15, 0.2) is 65.6 Å². The van der Waals surface area contributed by atoms with E-state index in [2.05, 4.69) is 27.3 Å². The molecule has 10 nitrogen and oxygen atoms in total. The van der Waals surface area contributed by atoms with Gasteiger partial charge in [0.25, 0.3) is 5.56 Å². The molecule has 2 bridgehead atoms. The number of rotatable bonds is 3. The van der Waals surface area contributed by atoms with E-state index in [1.165, 1.54) is 0 Å². The van der Waals surface area contributed by atoms with Crippen LogP contribution >= 0.6 is 0 Å². The number of hydrogen-bond acceptors (Lipinski definition) is 8. The van der Waals surface area contributed by atoms with Gasteiger partial charge in [-0.1, -0.05) is 18.2 Å². The predicted octanol–water partition coefficient (Wildman–Crippen LogP) is 3.11. The lowest BCUT2D eigenvalue weighted by molar-refractivity contribution is 0.0443.